The zero-order valence-electron chi connectivity index (χ0n) is 11.7. The molecule has 1 aromatic rings. The van der Waals surface area contributed by atoms with E-state index < -0.39 is 0 Å². The predicted molar refractivity (Wildman–Crippen MR) is 73.8 cm³/mol. The van der Waals surface area contributed by atoms with Gasteiger partial charge in [-0.3, -0.25) is 0 Å². The van der Waals surface area contributed by atoms with Crippen LogP contribution in [0.3, 0.4) is 0 Å². The molecular weight excluding hydrogens is 245 g/mol. The molecule has 0 bridgehead atoms. The zero-order valence-corrected chi connectivity index (χ0v) is 11.7. The number of hydrogen-bond acceptors (Lipinski definition) is 4. The van der Waals surface area contributed by atoms with Crippen LogP contribution in [0.15, 0.2) is 12.3 Å². The van der Waals surface area contributed by atoms with Crippen LogP contribution in [0.5, 0.6) is 0 Å². The number of aromatic nitrogens is 1. The number of anilines is 1. The molecule has 0 saturated carbocycles. The average molecular weight is 267 g/mol. The molecule has 1 aromatic heterocycles. The monoisotopic (exact) mass is 267 g/mol. The number of piperidine rings is 1. The van der Waals surface area contributed by atoms with E-state index in [0.29, 0.717) is 24.5 Å². The van der Waals surface area contributed by atoms with Crippen molar-refractivity contribution in [3.63, 3.8) is 0 Å². The van der Waals surface area contributed by atoms with Crippen molar-refractivity contribution >= 4 is 5.82 Å². The highest BCUT2D eigenvalue weighted by Gasteiger charge is 2.23. The Kier molecular flexibility index (Phi) is 5.10. The molecule has 0 radical (unpaired) electrons. The topological polar surface area (TPSA) is 37.4 Å². The quantitative estimate of drug-likeness (QED) is 0.885. The Morgan fingerprint density at radius 1 is 1.58 bits per heavy atom. The summed E-state index contributed by atoms with van der Waals surface area (Å²) in [4.78, 5) is 6.20. The van der Waals surface area contributed by atoms with Crippen molar-refractivity contribution in [3.05, 3.63) is 23.6 Å². The Labute approximate surface area is 114 Å². The fourth-order valence-electron chi connectivity index (χ4n) is 2.41. The summed E-state index contributed by atoms with van der Waals surface area (Å²) in [7, 11) is 1.71. The highest BCUT2D eigenvalue weighted by Crippen LogP contribution is 2.23. The molecule has 0 aromatic carbocycles. The molecular formula is C14H22FN3O. The molecule has 106 valence electrons. The van der Waals surface area contributed by atoms with Gasteiger partial charge in [0.15, 0.2) is 11.6 Å². The maximum Gasteiger partial charge on any atom is 0.170 e. The second-order valence-corrected chi connectivity index (χ2v) is 4.83. The molecule has 0 spiro atoms. The molecule has 1 aliphatic heterocycles. The SMILES string of the molecule is CCNCc1ccnc(N2CCCC(OC)C2)c1F. The van der Waals surface area contributed by atoms with Gasteiger partial charge < -0.3 is 15.0 Å². The van der Waals surface area contributed by atoms with Crippen molar-refractivity contribution in [2.24, 2.45) is 0 Å². The van der Waals surface area contributed by atoms with Crippen LogP contribution in [0.1, 0.15) is 25.3 Å². The first kappa shape index (κ1) is 14.2. The third kappa shape index (κ3) is 3.42. The van der Waals surface area contributed by atoms with Crippen molar-refractivity contribution in [1.82, 2.24) is 10.3 Å². The smallest absolute Gasteiger partial charge is 0.170 e. The van der Waals surface area contributed by atoms with Crippen LogP contribution >= 0.6 is 0 Å². The molecule has 4 nitrogen and oxygen atoms in total. The number of pyridine rings is 1. The van der Waals surface area contributed by atoms with Crippen LogP contribution in [-0.4, -0.2) is 37.8 Å². The molecule has 1 unspecified atom stereocenters. The maximum atomic E-state index is 14.4. The molecule has 1 N–H and O–H groups in total. The lowest BCUT2D eigenvalue weighted by atomic mass is 10.1. The van der Waals surface area contributed by atoms with Crippen LogP contribution in [-0.2, 0) is 11.3 Å². The minimum absolute atomic E-state index is 0.173. The Morgan fingerprint density at radius 3 is 3.16 bits per heavy atom. The third-order valence-corrected chi connectivity index (χ3v) is 3.53. The molecule has 1 fully saturated rings. The Morgan fingerprint density at radius 2 is 2.42 bits per heavy atom. The van der Waals surface area contributed by atoms with Gasteiger partial charge in [-0.2, -0.15) is 0 Å². The molecule has 5 heteroatoms. The summed E-state index contributed by atoms with van der Waals surface area (Å²) in [6.07, 6.45) is 3.90. The fraction of sp³-hybridized carbons (Fsp3) is 0.643. The number of methoxy groups -OCH3 is 1. The molecule has 1 aliphatic rings. The van der Waals surface area contributed by atoms with E-state index in [9.17, 15) is 4.39 Å². The molecule has 1 atom stereocenters. The van der Waals surface area contributed by atoms with E-state index >= 15 is 0 Å². The van der Waals surface area contributed by atoms with Gasteiger partial charge in [0, 0.05) is 38.5 Å². The number of rotatable bonds is 5. The van der Waals surface area contributed by atoms with Gasteiger partial charge in [0.2, 0.25) is 0 Å². The molecule has 0 amide bonds. The largest absolute Gasteiger partial charge is 0.380 e. The first-order valence-corrected chi connectivity index (χ1v) is 6.88. The van der Waals surface area contributed by atoms with Crippen LogP contribution in [0, 0.1) is 5.82 Å². The first-order chi connectivity index (χ1) is 9.26. The number of halogens is 1. The lowest BCUT2D eigenvalue weighted by molar-refractivity contribution is 0.0889. The van der Waals surface area contributed by atoms with Crippen LogP contribution in [0.25, 0.3) is 0 Å². The van der Waals surface area contributed by atoms with Gasteiger partial charge in [0.05, 0.1) is 6.10 Å². The minimum Gasteiger partial charge on any atom is -0.380 e. The lowest BCUT2D eigenvalue weighted by Gasteiger charge is -2.33. The van der Waals surface area contributed by atoms with Crippen molar-refractivity contribution < 1.29 is 9.13 Å². The second kappa shape index (κ2) is 6.82. The van der Waals surface area contributed by atoms with E-state index in [-0.39, 0.29) is 11.9 Å². The molecule has 2 rings (SSSR count). The summed E-state index contributed by atoms with van der Waals surface area (Å²) in [5.74, 6) is 0.248. The van der Waals surface area contributed by atoms with Gasteiger partial charge in [-0.25, -0.2) is 9.37 Å². The minimum atomic E-state index is -0.208. The van der Waals surface area contributed by atoms with Gasteiger partial charge in [-0.15, -0.1) is 0 Å². The summed E-state index contributed by atoms with van der Waals surface area (Å²) in [5, 5.41) is 3.14. The van der Waals surface area contributed by atoms with E-state index in [2.05, 4.69) is 10.3 Å². The van der Waals surface area contributed by atoms with Crippen molar-refractivity contribution in [3.8, 4) is 0 Å². The van der Waals surface area contributed by atoms with Gasteiger partial charge in [0.25, 0.3) is 0 Å². The summed E-state index contributed by atoms with van der Waals surface area (Å²) >= 11 is 0. The van der Waals surface area contributed by atoms with E-state index in [1.165, 1.54) is 0 Å². The van der Waals surface area contributed by atoms with Crippen LogP contribution in [0.2, 0.25) is 0 Å². The normalized spacial score (nSPS) is 19.7. The second-order valence-electron chi connectivity index (χ2n) is 4.83. The summed E-state index contributed by atoms with van der Waals surface area (Å²) in [5.41, 5.74) is 0.673. The molecule has 2 heterocycles. The maximum absolute atomic E-state index is 14.4. The predicted octanol–water partition coefficient (Wildman–Crippen LogP) is 1.95. The highest BCUT2D eigenvalue weighted by atomic mass is 19.1. The zero-order chi connectivity index (χ0) is 13.7. The first-order valence-electron chi connectivity index (χ1n) is 6.88. The summed E-state index contributed by atoms with van der Waals surface area (Å²) in [6, 6.07) is 1.74. The highest BCUT2D eigenvalue weighted by molar-refractivity contribution is 5.43. The summed E-state index contributed by atoms with van der Waals surface area (Å²) < 4.78 is 19.8. The van der Waals surface area contributed by atoms with Crippen molar-refractivity contribution in [1.29, 1.82) is 0 Å². The van der Waals surface area contributed by atoms with Gasteiger partial charge in [-0.05, 0) is 25.5 Å². The standard InChI is InChI=1S/C14H22FN3O/c1-3-16-9-11-6-7-17-14(13(11)15)18-8-4-5-12(10-18)19-2/h6-7,12,16H,3-5,8-10H2,1-2H3. The fourth-order valence-corrected chi connectivity index (χ4v) is 2.41. The van der Waals surface area contributed by atoms with E-state index in [0.717, 1.165) is 25.9 Å². The third-order valence-electron chi connectivity index (χ3n) is 3.53. The van der Waals surface area contributed by atoms with Gasteiger partial charge >= 0.3 is 0 Å². The van der Waals surface area contributed by atoms with Gasteiger partial charge in [-0.1, -0.05) is 6.92 Å². The Hall–Kier alpha value is -1.20. The number of ether oxygens (including phenoxy) is 1. The van der Waals surface area contributed by atoms with Crippen molar-refractivity contribution in [2.75, 3.05) is 31.6 Å². The van der Waals surface area contributed by atoms with E-state index in [4.69, 9.17) is 4.74 Å². The molecule has 19 heavy (non-hydrogen) atoms. The number of nitrogens with one attached hydrogen (secondary N) is 1. The Balaban J connectivity index is 2.14. The van der Waals surface area contributed by atoms with E-state index in [1.807, 2.05) is 11.8 Å². The summed E-state index contributed by atoms with van der Waals surface area (Å²) in [6.45, 7) is 4.93. The number of hydrogen-bond donors (Lipinski definition) is 1. The van der Waals surface area contributed by atoms with Crippen LogP contribution in [0.4, 0.5) is 10.2 Å². The van der Waals surface area contributed by atoms with E-state index in [1.54, 1.807) is 19.4 Å². The van der Waals surface area contributed by atoms with Gasteiger partial charge in [0.1, 0.15) is 0 Å². The van der Waals surface area contributed by atoms with Crippen molar-refractivity contribution in [2.45, 2.75) is 32.4 Å². The average Bonchev–Trinajstić information content (AvgIpc) is 2.46. The lowest BCUT2D eigenvalue weighted by Crippen LogP contribution is -2.40. The van der Waals surface area contributed by atoms with Crippen LogP contribution < -0.4 is 10.2 Å². The number of nitrogens with zero attached hydrogens (tertiary/aromatic N) is 2. The molecule has 0 aliphatic carbocycles. The Bertz CT molecular complexity index is 414. The molecule has 1 saturated heterocycles.